The van der Waals surface area contributed by atoms with Gasteiger partial charge in [0.15, 0.2) is 0 Å². The molecule has 1 aliphatic heterocycles. The van der Waals surface area contributed by atoms with Crippen LogP contribution in [0.15, 0.2) is 42.6 Å². The molecule has 0 saturated carbocycles. The monoisotopic (exact) mass is 439 g/mol. The standard InChI is InChI=1S/C24H26ClN3OS/c1-15(2)26-24(29)28-14-19-18-9-3-4-11-21(18)30-23(19)27-12-6-10-20(27)22(28)16-7-5-8-17(25)13-16/h5-8,10,12-13,15,22H,3-4,9,11,14H2,1-2H3,(H,26,29)/t22-/m0/s1. The highest BCUT2D eigenvalue weighted by Crippen LogP contribution is 2.44. The van der Waals surface area contributed by atoms with Crippen molar-refractivity contribution in [3.05, 3.63) is 74.9 Å². The molecule has 0 saturated heterocycles. The van der Waals surface area contributed by atoms with Crippen molar-refractivity contribution in [1.29, 1.82) is 0 Å². The summed E-state index contributed by atoms with van der Waals surface area (Å²) in [6.07, 6.45) is 6.88. The second-order valence-electron chi connectivity index (χ2n) is 8.49. The van der Waals surface area contributed by atoms with Gasteiger partial charge in [0, 0.05) is 27.7 Å². The topological polar surface area (TPSA) is 37.3 Å². The summed E-state index contributed by atoms with van der Waals surface area (Å²) < 4.78 is 2.30. The van der Waals surface area contributed by atoms with Gasteiger partial charge in [-0.25, -0.2) is 4.79 Å². The second-order valence-corrected chi connectivity index (χ2v) is 10.0. The summed E-state index contributed by atoms with van der Waals surface area (Å²) in [4.78, 5) is 16.9. The summed E-state index contributed by atoms with van der Waals surface area (Å²) >= 11 is 8.26. The van der Waals surface area contributed by atoms with Gasteiger partial charge in [0.2, 0.25) is 0 Å². The number of urea groups is 1. The normalized spacial score (nSPS) is 17.9. The number of hydrogen-bond acceptors (Lipinski definition) is 2. The molecule has 1 aliphatic carbocycles. The first-order valence-electron chi connectivity index (χ1n) is 10.7. The molecule has 1 aromatic carbocycles. The Morgan fingerprint density at radius 1 is 1.17 bits per heavy atom. The van der Waals surface area contributed by atoms with E-state index in [1.54, 1.807) is 0 Å². The molecule has 2 amide bonds. The zero-order chi connectivity index (χ0) is 20.8. The van der Waals surface area contributed by atoms with Gasteiger partial charge in [-0.3, -0.25) is 0 Å². The van der Waals surface area contributed by atoms with Crippen LogP contribution >= 0.6 is 22.9 Å². The van der Waals surface area contributed by atoms with E-state index in [-0.39, 0.29) is 18.1 Å². The molecule has 2 aromatic heterocycles. The van der Waals surface area contributed by atoms with Gasteiger partial charge in [-0.15, -0.1) is 11.3 Å². The van der Waals surface area contributed by atoms with Gasteiger partial charge in [0.1, 0.15) is 5.00 Å². The molecule has 0 fully saturated rings. The van der Waals surface area contributed by atoms with Crippen molar-refractivity contribution < 1.29 is 4.79 Å². The van der Waals surface area contributed by atoms with Crippen LogP contribution in [-0.2, 0) is 19.4 Å². The van der Waals surface area contributed by atoms with Crippen LogP contribution in [0.5, 0.6) is 0 Å². The SMILES string of the molecule is CC(C)NC(=O)N1Cc2c(sc3c2CCCC3)-n2cccc2[C@@H]1c1cccc(Cl)c1. The number of halogens is 1. The molecule has 156 valence electrons. The molecule has 5 rings (SSSR count). The fourth-order valence-electron chi connectivity index (χ4n) is 4.74. The van der Waals surface area contributed by atoms with Gasteiger partial charge < -0.3 is 14.8 Å². The lowest BCUT2D eigenvalue weighted by molar-refractivity contribution is 0.178. The van der Waals surface area contributed by atoms with Gasteiger partial charge in [-0.05, 0) is 74.9 Å². The fraction of sp³-hybridized carbons (Fsp3) is 0.375. The zero-order valence-electron chi connectivity index (χ0n) is 17.3. The number of amides is 2. The zero-order valence-corrected chi connectivity index (χ0v) is 18.9. The smallest absolute Gasteiger partial charge is 0.318 e. The molecule has 0 spiro atoms. The molecule has 3 aromatic rings. The van der Waals surface area contributed by atoms with E-state index in [0.29, 0.717) is 11.6 Å². The lowest BCUT2D eigenvalue weighted by atomic mass is 9.95. The highest BCUT2D eigenvalue weighted by Gasteiger charge is 2.36. The van der Waals surface area contributed by atoms with Crippen LogP contribution in [0.25, 0.3) is 5.00 Å². The molecule has 3 heterocycles. The van der Waals surface area contributed by atoms with Gasteiger partial charge in [-0.2, -0.15) is 0 Å². The van der Waals surface area contributed by atoms with E-state index in [9.17, 15) is 4.79 Å². The Morgan fingerprint density at radius 2 is 2.00 bits per heavy atom. The van der Waals surface area contributed by atoms with Crippen molar-refractivity contribution in [2.24, 2.45) is 0 Å². The Kier molecular flexibility index (Phi) is 5.11. The van der Waals surface area contributed by atoms with Crippen molar-refractivity contribution in [2.75, 3.05) is 0 Å². The molecule has 0 radical (unpaired) electrons. The minimum Gasteiger partial charge on any atom is -0.336 e. The summed E-state index contributed by atoms with van der Waals surface area (Å²) in [5.74, 6) is 0. The quantitative estimate of drug-likeness (QED) is 0.515. The number of aromatic nitrogens is 1. The van der Waals surface area contributed by atoms with E-state index in [1.165, 1.54) is 33.8 Å². The van der Waals surface area contributed by atoms with Crippen molar-refractivity contribution in [2.45, 2.75) is 58.2 Å². The largest absolute Gasteiger partial charge is 0.336 e. The number of fused-ring (bicyclic) bond motifs is 5. The Labute approximate surface area is 186 Å². The number of rotatable bonds is 2. The van der Waals surface area contributed by atoms with E-state index in [0.717, 1.165) is 24.1 Å². The third-order valence-electron chi connectivity index (χ3n) is 6.02. The maximum Gasteiger partial charge on any atom is 0.318 e. The highest BCUT2D eigenvalue weighted by molar-refractivity contribution is 7.15. The predicted molar refractivity (Wildman–Crippen MR) is 123 cm³/mol. The number of carbonyl (C=O) groups is 1. The number of nitrogens with zero attached hydrogens (tertiary/aromatic N) is 2. The van der Waals surface area contributed by atoms with E-state index in [2.05, 4.69) is 34.3 Å². The summed E-state index contributed by atoms with van der Waals surface area (Å²) in [6, 6.07) is 11.9. The molecule has 2 aliphatic rings. The van der Waals surface area contributed by atoms with Crippen LogP contribution < -0.4 is 5.32 Å². The van der Waals surface area contributed by atoms with Crippen LogP contribution in [0.3, 0.4) is 0 Å². The van der Waals surface area contributed by atoms with Crippen molar-refractivity contribution in [1.82, 2.24) is 14.8 Å². The van der Waals surface area contributed by atoms with Crippen LogP contribution in [0.1, 0.15) is 60.0 Å². The number of thiophene rings is 1. The number of aryl methyl sites for hydroxylation is 1. The Morgan fingerprint density at radius 3 is 2.80 bits per heavy atom. The molecular weight excluding hydrogens is 414 g/mol. The van der Waals surface area contributed by atoms with Crippen LogP contribution in [0.4, 0.5) is 4.79 Å². The van der Waals surface area contributed by atoms with E-state index >= 15 is 0 Å². The Bertz CT molecular complexity index is 1100. The van der Waals surface area contributed by atoms with Crippen molar-refractivity contribution in [3.8, 4) is 5.00 Å². The number of nitrogens with one attached hydrogen (secondary N) is 1. The fourth-order valence-corrected chi connectivity index (χ4v) is 6.35. The third-order valence-corrected chi connectivity index (χ3v) is 7.58. The molecule has 0 unspecified atom stereocenters. The van der Waals surface area contributed by atoms with Gasteiger partial charge in [0.25, 0.3) is 0 Å². The van der Waals surface area contributed by atoms with Gasteiger partial charge in [0.05, 0.1) is 18.3 Å². The molecule has 1 N–H and O–H groups in total. The lowest BCUT2D eigenvalue weighted by Crippen LogP contribution is -2.44. The number of benzene rings is 1. The van der Waals surface area contributed by atoms with Crippen LogP contribution in [-0.4, -0.2) is 21.5 Å². The van der Waals surface area contributed by atoms with E-state index < -0.39 is 0 Å². The highest BCUT2D eigenvalue weighted by atomic mass is 35.5. The third kappa shape index (κ3) is 3.34. The van der Waals surface area contributed by atoms with Crippen LogP contribution in [0, 0.1) is 0 Å². The van der Waals surface area contributed by atoms with Gasteiger partial charge in [-0.1, -0.05) is 23.7 Å². The molecular formula is C24H26ClN3OS. The first-order chi connectivity index (χ1) is 14.5. The Hall–Kier alpha value is -2.24. The molecule has 4 nitrogen and oxygen atoms in total. The summed E-state index contributed by atoms with van der Waals surface area (Å²) in [5.41, 5.74) is 4.92. The van der Waals surface area contributed by atoms with Crippen LogP contribution in [0.2, 0.25) is 5.02 Å². The molecule has 30 heavy (non-hydrogen) atoms. The second kappa shape index (κ2) is 7.78. The summed E-state index contributed by atoms with van der Waals surface area (Å²) in [7, 11) is 0. The average Bonchev–Trinajstić information content (AvgIpc) is 3.29. The van der Waals surface area contributed by atoms with E-state index in [1.807, 2.05) is 48.3 Å². The number of hydrogen-bond donors (Lipinski definition) is 1. The van der Waals surface area contributed by atoms with Crippen molar-refractivity contribution in [3.63, 3.8) is 0 Å². The molecule has 0 bridgehead atoms. The first kappa shape index (κ1) is 19.7. The molecule has 6 heteroatoms. The minimum absolute atomic E-state index is 0.0358. The summed E-state index contributed by atoms with van der Waals surface area (Å²) in [5, 5.41) is 5.09. The predicted octanol–water partition coefficient (Wildman–Crippen LogP) is 6.09. The summed E-state index contributed by atoms with van der Waals surface area (Å²) in [6.45, 7) is 4.62. The number of carbonyl (C=O) groups excluding carboxylic acids is 1. The first-order valence-corrected chi connectivity index (χ1v) is 11.9. The maximum absolute atomic E-state index is 13.4. The minimum atomic E-state index is -0.198. The maximum atomic E-state index is 13.4. The van der Waals surface area contributed by atoms with Gasteiger partial charge >= 0.3 is 6.03 Å². The Balaban J connectivity index is 1.71. The molecule has 1 atom stereocenters. The van der Waals surface area contributed by atoms with E-state index in [4.69, 9.17) is 11.6 Å². The average molecular weight is 440 g/mol. The lowest BCUT2D eigenvalue weighted by Gasteiger charge is -2.32. The van der Waals surface area contributed by atoms with Crippen molar-refractivity contribution >= 4 is 29.0 Å².